The standard InChI is InChI=1S/C24H35N3O6S/c1-17(33-22(29)18-11-15-26(16-12-18)23(30)24(2,3)4)21(28)25-19-7-9-20(10-8-19)34(31,32)27-13-5-6-14-27/h7-10,17-18H,5-6,11-16H2,1-4H3,(H,25,28)/t17-/m0/s1. The summed E-state index contributed by atoms with van der Waals surface area (Å²) in [6.45, 7) is 9.14. The number of hydrogen-bond donors (Lipinski definition) is 1. The van der Waals surface area contributed by atoms with Gasteiger partial charge in [-0.05, 0) is 56.9 Å². The van der Waals surface area contributed by atoms with Gasteiger partial charge in [-0.3, -0.25) is 14.4 Å². The summed E-state index contributed by atoms with van der Waals surface area (Å²) in [5.41, 5.74) is -0.0430. The zero-order chi connectivity index (χ0) is 25.1. The number of esters is 1. The number of hydrogen-bond acceptors (Lipinski definition) is 6. The number of rotatable bonds is 6. The molecule has 1 aromatic rings. The van der Waals surface area contributed by atoms with Gasteiger partial charge >= 0.3 is 5.97 Å². The lowest BCUT2D eigenvalue weighted by atomic mass is 9.91. The molecule has 188 valence electrons. The number of amides is 2. The minimum atomic E-state index is -3.52. The van der Waals surface area contributed by atoms with Gasteiger partial charge in [-0.25, -0.2) is 8.42 Å². The molecule has 9 nitrogen and oxygen atoms in total. The average molecular weight is 494 g/mol. The van der Waals surface area contributed by atoms with Gasteiger partial charge in [0.05, 0.1) is 10.8 Å². The van der Waals surface area contributed by atoms with E-state index in [0.29, 0.717) is 44.7 Å². The smallest absolute Gasteiger partial charge is 0.309 e. The van der Waals surface area contributed by atoms with Crippen molar-refractivity contribution in [1.82, 2.24) is 9.21 Å². The molecule has 1 atom stereocenters. The molecule has 0 spiro atoms. The maximum Gasteiger partial charge on any atom is 0.309 e. The van der Waals surface area contributed by atoms with E-state index in [1.807, 2.05) is 20.8 Å². The first-order valence-electron chi connectivity index (χ1n) is 11.8. The Hall–Kier alpha value is -2.46. The van der Waals surface area contributed by atoms with Crippen LogP contribution in [0.15, 0.2) is 29.2 Å². The molecule has 0 aliphatic carbocycles. The van der Waals surface area contributed by atoms with Crippen LogP contribution in [0, 0.1) is 11.3 Å². The zero-order valence-corrected chi connectivity index (χ0v) is 21.2. The summed E-state index contributed by atoms with van der Waals surface area (Å²) in [4.78, 5) is 39.4. The fraction of sp³-hybridized carbons (Fsp3) is 0.625. The first-order chi connectivity index (χ1) is 15.9. The van der Waals surface area contributed by atoms with Crippen LogP contribution in [0.25, 0.3) is 0 Å². The molecule has 2 amide bonds. The van der Waals surface area contributed by atoms with E-state index in [2.05, 4.69) is 5.32 Å². The van der Waals surface area contributed by atoms with Crippen molar-refractivity contribution in [2.24, 2.45) is 11.3 Å². The SMILES string of the molecule is C[C@H](OC(=O)C1CCN(C(=O)C(C)(C)C)CC1)C(=O)Nc1ccc(S(=O)(=O)N2CCCC2)cc1. The molecule has 0 radical (unpaired) electrons. The molecule has 3 rings (SSSR count). The van der Waals surface area contributed by atoms with Crippen molar-refractivity contribution < 1.29 is 27.5 Å². The van der Waals surface area contributed by atoms with E-state index in [4.69, 9.17) is 4.74 Å². The second-order valence-electron chi connectivity index (χ2n) is 10.0. The Labute approximate surface area is 201 Å². The van der Waals surface area contributed by atoms with Crippen LogP contribution in [-0.4, -0.2) is 67.7 Å². The highest BCUT2D eigenvalue weighted by molar-refractivity contribution is 7.89. The Morgan fingerprint density at radius 2 is 1.56 bits per heavy atom. The largest absolute Gasteiger partial charge is 0.452 e. The molecule has 0 aromatic heterocycles. The molecule has 0 saturated carbocycles. The van der Waals surface area contributed by atoms with Gasteiger partial charge in [0.25, 0.3) is 5.91 Å². The van der Waals surface area contributed by atoms with Crippen LogP contribution in [0.1, 0.15) is 53.4 Å². The van der Waals surface area contributed by atoms with Gasteiger partial charge in [-0.15, -0.1) is 0 Å². The predicted molar refractivity (Wildman–Crippen MR) is 127 cm³/mol. The first kappa shape index (κ1) is 26.2. The number of sulfonamides is 1. The zero-order valence-electron chi connectivity index (χ0n) is 20.4. The lowest BCUT2D eigenvalue weighted by Crippen LogP contribution is -2.45. The average Bonchev–Trinajstić information content (AvgIpc) is 3.34. The Bertz CT molecular complexity index is 1000. The summed E-state index contributed by atoms with van der Waals surface area (Å²) in [7, 11) is -3.52. The molecular weight excluding hydrogens is 458 g/mol. The lowest BCUT2D eigenvalue weighted by Gasteiger charge is -2.35. The van der Waals surface area contributed by atoms with Crippen molar-refractivity contribution in [3.05, 3.63) is 24.3 Å². The number of nitrogens with one attached hydrogen (secondary N) is 1. The number of ether oxygens (including phenoxy) is 1. The van der Waals surface area contributed by atoms with E-state index in [1.54, 1.807) is 4.90 Å². The van der Waals surface area contributed by atoms with Crippen molar-refractivity contribution in [2.45, 2.75) is 64.4 Å². The molecule has 1 aromatic carbocycles. The third-order valence-electron chi connectivity index (χ3n) is 6.24. The van der Waals surface area contributed by atoms with Crippen LogP contribution in [0.4, 0.5) is 5.69 Å². The van der Waals surface area contributed by atoms with Crippen LogP contribution in [0.5, 0.6) is 0 Å². The molecule has 0 bridgehead atoms. The van der Waals surface area contributed by atoms with Crippen LogP contribution < -0.4 is 5.32 Å². The van der Waals surface area contributed by atoms with Gasteiger partial charge in [-0.1, -0.05) is 20.8 Å². The van der Waals surface area contributed by atoms with Gasteiger partial charge in [-0.2, -0.15) is 4.31 Å². The van der Waals surface area contributed by atoms with E-state index in [1.165, 1.54) is 35.5 Å². The van der Waals surface area contributed by atoms with Gasteiger partial charge in [0, 0.05) is 37.3 Å². The summed E-state index contributed by atoms with van der Waals surface area (Å²) < 4.78 is 32.1. The van der Waals surface area contributed by atoms with Crippen molar-refractivity contribution in [1.29, 1.82) is 0 Å². The molecule has 1 N–H and O–H groups in total. The number of benzene rings is 1. The van der Waals surface area contributed by atoms with Crippen molar-refractivity contribution >= 4 is 33.5 Å². The van der Waals surface area contributed by atoms with E-state index < -0.39 is 33.4 Å². The van der Waals surface area contributed by atoms with Crippen molar-refractivity contribution in [3.63, 3.8) is 0 Å². The number of piperidine rings is 1. The van der Waals surface area contributed by atoms with Crippen LogP contribution in [-0.2, 0) is 29.1 Å². The van der Waals surface area contributed by atoms with Gasteiger partial charge in [0.15, 0.2) is 6.10 Å². The Morgan fingerprint density at radius 1 is 1.00 bits per heavy atom. The summed E-state index contributed by atoms with van der Waals surface area (Å²) >= 11 is 0. The third kappa shape index (κ3) is 6.15. The van der Waals surface area contributed by atoms with Crippen LogP contribution >= 0.6 is 0 Å². The summed E-state index contributed by atoms with van der Waals surface area (Å²) in [5, 5.41) is 2.66. The number of likely N-dealkylation sites (tertiary alicyclic amines) is 1. The second-order valence-corrected chi connectivity index (χ2v) is 12.0. The Kier molecular flexibility index (Phi) is 8.02. The molecule has 2 fully saturated rings. The topological polar surface area (TPSA) is 113 Å². The number of nitrogens with zero attached hydrogens (tertiary/aromatic N) is 2. The summed E-state index contributed by atoms with van der Waals surface area (Å²) in [6, 6.07) is 5.98. The minimum Gasteiger partial charge on any atom is -0.452 e. The van der Waals surface area contributed by atoms with Crippen LogP contribution in [0.2, 0.25) is 0 Å². The lowest BCUT2D eigenvalue weighted by molar-refractivity contribution is -0.160. The highest BCUT2D eigenvalue weighted by Crippen LogP contribution is 2.25. The molecule has 0 unspecified atom stereocenters. The summed E-state index contributed by atoms with van der Waals surface area (Å²) in [5.74, 6) is -1.23. The quantitative estimate of drug-likeness (QED) is 0.610. The second kappa shape index (κ2) is 10.4. The van der Waals surface area contributed by atoms with Gasteiger partial charge < -0.3 is 15.0 Å². The molecule has 2 saturated heterocycles. The van der Waals surface area contributed by atoms with Crippen molar-refractivity contribution in [3.8, 4) is 0 Å². The fourth-order valence-electron chi connectivity index (χ4n) is 4.15. The summed E-state index contributed by atoms with van der Waals surface area (Å²) in [6.07, 6.45) is 1.72. The maximum atomic E-state index is 12.6. The highest BCUT2D eigenvalue weighted by Gasteiger charge is 2.34. The molecule has 2 heterocycles. The normalized spacial score (nSPS) is 19.0. The monoisotopic (exact) mass is 493 g/mol. The molecule has 2 aliphatic heterocycles. The molecule has 34 heavy (non-hydrogen) atoms. The fourth-order valence-corrected chi connectivity index (χ4v) is 5.67. The van der Waals surface area contributed by atoms with E-state index in [0.717, 1.165) is 12.8 Å². The third-order valence-corrected chi connectivity index (χ3v) is 8.16. The van der Waals surface area contributed by atoms with E-state index >= 15 is 0 Å². The Balaban J connectivity index is 1.49. The number of carbonyl (C=O) groups excluding carboxylic acids is 3. The van der Waals surface area contributed by atoms with Gasteiger partial charge in [0.2, 0.25) is 15.9 Å². The molecule has 10 heteroatoms. The maximum absolute atomic E-state index is 12.6. The van der Waals surface area contributed by atoms with E-state index in [-0.39, 0.29) is 16.7 Å². The minimum absolute atomic E-state index is 0.0614. The van der Waals surface area contributed by atoms with E-state index in [9.17, 15) is 22.8 Å². The van der Waals surface area contributed by atoms with Crippen molar-refractivity contribution in [2.75, 3.05) is 31.5 Å². The highest BCUT2D eigenvalue weighted by atomic mass is 32.2. The predicted octanol–water partition coefficient (Wildman–Crippen LogP) is 2.63. The molecule has 2 aliphatic rings. The molecular formula is C24H35N3O6S. The number of anilines is 1. The van der Waals surface area contributed by atoms with Crippen LogP contribution in [0.3, 0.4) is 0 Å². The van der Waals surface area contributed by atoms with Gasteiger partial charge in [0.1, 0.15) is 0 Å². The first-order valence-corrected chi connectivity index (χ1v) is 13.2. The number of carbonyl (C=O) groups is 3. The Morgan fingerprint density at radius 3 is 2.09 bits per heavy atom.